The highest BCUT2D eigenvalue weighted by Gasteiger charge is 2.42. The SMILES string of the molecule is CC(C)C(NC(=O)c1cc(-c2cnn3cc(/C(C=N)=C/N)cnc23)cs1)C(F)(F)F. The summed E-state index contributed by atoms with van der Waals surface area (Å²) < 4.78 is 40.9. The molecule has 158 valence electrons. The molecule has 3 aromatic rings. The number of rotatable bonds is 6. The van der Waals surface area contributed by atoms with Gasteiger partial charge in [-0.2, -0.15) is 18.3 Å². The smallest absolute Gasteiger partial charge is 0.404 e. The summed E-state index contributed by atoms with van der Waals surface area (Å²) in [4.78, 5) is 16.9. The molecule has 3 heterocycles. The van der Waals surface area contributed by atoms with Crippen molar-refractivity contribution in [3.63, 3.8) is 0 Å². The molecule has 0 saturated carbocycles. The van der Waals surface area contributed by atoms with Gasteiger partial charge in [0, 0.05) is 41.5 Å². The van der Waals surface area contributed by atoms with Crippen LogP contribution in [0.1, 0.15) is 29.1 Å². The van der Waals surface area contributed by atoms with Gasteiger partial charge in [-0.05, 0) is 22.9 Å². The van der Waals surface area contributed by atoms with Crippen LogP contribution in [0.25, 0.3) is 22.3 Å². The molecule has 4 N–H and O–H groups in total. The molecule has 1 amide bonds. The van der Waals surface area contributed by atoms with Crippen LogP contribution in [0.15, 0.2) is 36.2 Å². The Morgan fingerprint density at radius 3 is 2.70 bits per heavy atom. The van der Waals surface area contributed by atoms with Crippen molar-refractivity contribution in [2.45, 2.75) is 26.1 Å². The van der Waals surface area contributed by atoms with Crippen molar-refractivity contribution in [3.05, 3.63) is 46.7 Å². The minimum atomic E-state index is -4.53. The van der Waals surface area contributed by atoms with E-state index >= 15 is 0 Å². The molecule has 3 aromatic heterocycles. The van der Waals surface area contributed by atoms with Crippen LogP contribution in [0.3, 0.4) is 0 Å². The summed E-state index contributed by atoms with van der Waals surface area (Å²) in [7, 11) is 0. The maximum absolute atomic E-state index is 13.1. The zero-order valence-electron chi connectivity index (χ0n) is 16.1. The highest BCUT2D eigenvalue weighted by Crippen LogP contribution is 2.30. The Morgan fingerprint density at radius 1 is 1.37 bits per heavy atom. The van der Waals surface area contributed by atoms with Crippen molar-refractivity contribution >= 4 is 34.7 Å². The molecule has 7 nitrogen and oxygen atoms in total. The predicted octanol–water partition coefficient (Wildman–Crippen LogP) is 3.72. The van der Waals surface area contributed by atoms with Crippen LogP contribution in [-0.2, 0) is 0 Å². The van der Waals surface area contributed by atoms with Gasteiger partial charge in [-0.3, -0.25) is 4.79 Å². The minimum absolute atomic E-state index is 0.160. The number of allylic oxidation sites excluding steroid dienone is 1. The van der Waals surface area contributed by atoms with E-state index in [0.29, 0.717) is 27.9 Å². The van der Waals surface area contributed by atoms with E-state index in [2.05, 4.69) is 15.4 Å². The number of thiophene rings is 1. The van der Waals surface area contributed by atoms with Crippen LogP contribution < -0.4 is 11.1 Å². The first-order chi connectivity index (χ1) is 14.2. The molecular formula is C19H19F3N6OS. The lowest BCUT2D eigenvalue weighted by Crippen LogP contribution is -2.48. The summed E-state index contributed by atoms with van der Waals surface area (Å²) in [6.45, 7) is 2.81. The lowest BCUT2D eigenvalue weighted by molar-refractivity contribution is -0.162. The van der Waals surface area contributed by atoms with Crippen LogP contribution >= 0.6 is 11.3 Å². The third kappa shape index (κ3) is 4.20. The monoisotopic (exact) mass is 436 g/mol. The second kappa shape index (κ2) is 8.27. The van der Waals surface area contributed by atoms with E-state index in [1.165, 1.54) is 30.6 Å². The molecule has 0 saturated heterocycles. The van der Waals surface area contributed by atoms with Crippen molar-refractivity contribution in [2.75, 3.05) is 0 Å². The maximum Gasteiger partial charge on any atom is 0.408 e. The Bertz CT molecular complexity index is 1120. The third-order valence-corrected chi connectivity index (χ3v) is 5.39. The van der Waals surface area contributed by atoms with Gasteiger partial charge >= 0.3 is 6.18 Å². The summed E-state index contributed by atoms with van der Waals surface area (Å²) in [5.41, 5.74) is 8.31. The summed E-state index contributed by atoms with van der Waals surface area (Å²) in [5, 5.41) is 15.3. The molecule has 1 atom stereocenters. The summed E-state index contributed by atoms with van der Waals surface area (Å²) in [5.74, 6) is -1.57. The number of carbonyl (C=O) groups excluding carboxylic acids is 1. The molecule has 0 aliphatic carbocycles. The quantitative estimate of drug-likeness (QED) is 0.512. The largest absolute Gasteiger partial charge is 0.408 e. The van der Waals surface area contributed by atoms with E-state index in [-0.39, 0.29) is 4.88 Å². The van der Waals surface area contributed by atoms with E-state index in [0.717, 1.165) is 17.6 Å². The van der Waals surface area contributed by atoms with Crippen LogP contribution in [-0.4, -0.2) is 38.9 Å². The molecule has 0 bridgehead atoms. The zero-order valence-corrected chi connectivity index (χ0v) is 16.9. The molecular weight excluding hydrogens is 417 g/mol. The minimum Gasteiger partial charge on any atom is -0.404 e. The topological polar surface area (TPSA) is 109 Å². The van der Waals surface area contributed by atoms with E-state index in [9.17, 15) is 18.0 Å². The Morgan fingerprint density at radius 2 is 2.10 bits per heavy atom. The fourth-order valence-corrected chi connectivity index (χ4v) is 3.70. The normalized spacial score (nSPS) is 13.6. The highest BCUT2D eigenvalue weighted by atomic mass is 32.1. The molecule has 0 aromatic carbocycles. The highest BCUT2D eigenvalue weighted by molar-refractivity contribution is 7.12. The first-order valence-corrected chi connectivity index (χ1v) is 9.76. The molecule has 0 fully saturated rings. The maximum atomic E-state index is 13.1. The van der Waals surface area contributed by atoms with Crippen molar-refractivity contribution in [1.82, 2.24) is 19.9 Å². The Kier molecular flexibility index (Phi) is 5.92. The molecule has 0 radical (unpaired) electrons. The van der Waals surface area contributed by atoms with Gasteiger partial charge in [0.1, 0.15) is 6.04 Å². The van der Waals surface area contributed by atoms with E-state index < -0.39 is 24.0 Å². The fraction of sp³-hybridized carbons (Fsp3) is 0.263. The molecule has 3 rings (SSSR count). The van der Waals surface area contributed by atoms with Crippen molar-refractivity contribution < 1.29 is 18.0 Å². The molecule has 0 aliphatic rings. The summed E-state index contributed by atoms with van der Waals surface area (Å²) in [6.07, 6.45) is 2.62. The van der Waals surface area contributed by atoms with Crippen LogP contribution in [0.2, 0.25) is 0 Å². The molecule has 11 heteroatoms. The molecule has 1 unspecified atom stereocenters. The van der Waals surface area contributed by atoms with Gasteiger partial charge in [-0.25, -0.2) is 9.50 Å². The van der Waals surface area contributed by atoms with Crippen molar-refractivity contribution in [3.8, 4) is 11.1 Å². The number of nitrogens with zero attached hydrogens (tertiary/aromatic N) is 3. The second-order valence-corrected chi connectivity index (χ2v) is 7.78. The van der Waals surface area contributed by atoms with Crippen LogP contribution in [0.4, 0.5) is 13.2 Å². The van der Waals surface area contributed by atoms with E-state index in [1.54, 1.807) is 24.0 Å². The van der Waals surface area contributed by atoms with Gasteiger partial charge in [-0.1, -0.05) is 13.8 Å². The lowest BCUT2D eigenvalue weighted by Gasteiger charge is -2.24. The standard InChI is InChI=1S/C19H19F3N6OS/c1-10(2)16(19(20,21)22)27-18(29)15-3-11(9-30-15)14-7-26-28-8-13(6-25-17(14)28)12(4-23)5-24/h3-10,16,23H,24H2,1-2H3,(H,27,29)/b12-5+,23-4?. The third-order valence-electron chi connectivity index (χ3n) is 4.46. The summed E-state index contributed by atoms with van der Waals surface area (Å²) >= 11 is 1.04. The van der Waals surface area contributed by atoms with Crippen LogP contribution in [0, 0.1) is 11.3 Å². The number of fused-ring (bicyclic) bond motifs is 1. The number of hydrogen-bond donors (Lipinski definition) is 3. The molecule has 0 spiro atoms. The number of nitrogens with one attached hydrogen (secondary N) is 2. The van der Waals surface area contributed by atoms with Gasteiger partial charge in [-0.15, -0.1) is 11.3 Å². The number of halogens is 3. The average molecular weight is 436 g/mol. The van der Waals surface area contributed by atoms with Crippen molar-refractivity contribution in [1.29, 1.82) is 5.41 Å². The lowest BCUT2D eigenvalue weighted by atomic mass is 10.0. The number of nitrogens with two attached hydrogens (primary N) is 1. The van der Waals surface area contributed by atoms with E-state index in [4.69, 9.17) is 11.1 Å². The fourth-order valence-electron chi connectivity index (χ4n) is 2.89. The number of carbonyl (C=O) groups is 1. The Hall–Kier alpha value is -3.21. The van der Waals surface area contributed by atoms with Gasteiger partial charge in [0.05, 0.1) is 11.1 Å². The van der Waals surface area contributed by atoms with Crippen molar-refractivity contribution in [2.24, 2.45) is 11.7 Å². The molecule has 0 aliphatic heterocycles. The number of aromatic nitrogens is 3. The zero-order chi connectivity index (χ0) is 22.1. The van der Waals surface area contributed by atoms with Gasteiger partial charge in [0.25, 0.3) is 5.91 Å². The Labute approximate surface area is 173 Å². The average Bonchev–Trinajstić information content (AvgIpc) is 3.32. The Balaban J connectivity index is 1.88. The second-order valence-electron chi connectivity index (χ2n) is 6.87. The van der Waals surface area contributed by atoms with Gasteiger partial charge in [0.2, 0.25) is 0 Å². The summed E-state index contributed by atoms with van der Waals surface area (Å²) in [6, 6.07) is -0.408. The van der Waals surface area contributed by atoms with Gasteiger partial charge < -0.3 is 16.5 Å². The predicted molar refractivity (Wildman–Crippen MR) is 109 cm³/mol. The van der Waals surface area contributed by atoms with Gasteiger partial charge in [0.15, 0.2) is 5.65 Å². The first kappa shape index (κ1) is 21.5. The van der Waals surface area contributed by atoms with E-state index in [1.807, 2.05) is 0 Å². The molecule has 30 heavy (non-hydrogen) atoms. The number of alkyl halides is 3. The first-order valence-electron chi connectivity index (χ1n) is 8.88. The number of amides is 1. The van der Waals surface area contributed by atoms with Crippen LogP contribution in [0.5, 0.6) is 0 Å². The number of hydrogen-bond acceptors (Lipinski definition) is 6.